The van der Waals surface area contributed by atoms with Gasteiger partial charge in [-0.1, -0.05) is 18.2 Å². The van der Waals surface area contributed by atoms with E-state index in [4.69, 9.17) is 9.84 Å². The molecule has 1 fully saturated rings. The van der Waals surface area contributed by atoms with E-state index in [2.05, 4.69) is 0 Å². The number of carbonyl (C=O) groups excluding carboxylic acids is 1. The molecule has 0 aliphatic carbocycles. The Hall–Kier alpha value is -3.03. The number of hydrogen-bond acceptors (Lipinski definition) is 3. The van der Waals surface area contributed by atoms with Crippen LogP contribution in [0.5, 0.6) is 11.5 Å². The fourth-order valence-electron chi connectivity index (χ4n) is 2.98. The van der Waals surface area contributed by atoms with Gasteiger partial charge in [0.1, 0.15) is 11.5 Å². The van der Waals surface area contributed by atoms with E-state index < -0.39 is 36.4 Å². The molecule has 1 heterocycles. The van der Waals surface area contributed by atoms with Crippen molar-refractivity contribution >= 4 is 11.9 Å². The highest BCUT2D eigenvalue weighted by Crippen LogP contribution is 2.46. The van der Waals surface area contributed by atoms with Crippen LogP contribution in [0.4, 0.5) is 13.2 Å². The molecule has 8 heteroatoms. The second kappa shape index (κ2) is 6.94. The number of alkyl halides is 3. The van der Waals surface area contributed by atoms with Crippen LogP contribution < -0.4 is 4.74 Å². The highest BCUT2D eigenvalue weighted by molar-refractivity contribution is 5.95. The third-order valence-electron chi connectivity index (χ3n) is 4.59. The van der Waals surface area contributed by atoms with Crippen LogP contribution in [-0.4, -0.2) is 41.1 Å². The highest BCUT2D eigenvalue weighted by Gasteiger charge is 2.64. The average molecular weight is 379 g/mol. The van der Waals surface area contributed by atoms with Crippen LogP contribution in [0.2, 0.25) is 0 Å². The molecule has 5 nitrogen and oxygen atoms in total. The van der Waals surface area contributed by atoms with Crippen molar-refractivity contribution in [3.05, 3.63) is 60.2 Å². The molecule has 0 spiro atoms. The minimum Gasteiger partial charge on any atom is -0.481 e. The van der Waals surface area contributed by atoms with E-state index in [9.17, 15) is 22.8 Å². The Kier molecular flexibility index (Phi) is 4.82. The van der Waals surface area contributed by atoms with Gasteiger partial charge in [-0.2, -0.15) is 13.2 Å². The van der Waals surface area contributed by atoms with Crippen molar-refractivity contribution in [3.8, 4) is 11.5 Å². The number of nitrogens with zero attached hydrogens (tertiary/aromatic N) is 1. The van der Waals surface area contributed by atoms with E-state index in [1.165, 1.54) is 24.3 Å². The zero-order valence-electron chi connectivity index (χ0n) is 14.1. The highest BCUT2D eigenvalue weighted by atomic mass is 19.4. The predicted molar refractivity (Wildman–Crippen MR) is 89.6 cm³/mol. The van der Waals surface area contributed by atoms with Crippen molar-refractivity contribution in [2.24, 2.45) is 5.41 Å². The Morgan fingerprint density at radius 3 is 2.11 bits per heavy atom. The maximum atomic E-state index is 13.2. The number of halogens is 3. The topological polar surface area (TPSA) is 66.8 Å². The number of amides is 1. The second-order valence-corrected chi connectivity index (χ2v) is 6.30. The molecule has 1 saturated heterocycles. The molecule has 0 aromatic heterocycles. The summed E-state index contributed by atoms with van der Waals surface area (Å²) >= 11 is 0. The van der Waals surface area contributed by atoms with E-state index in [0.717, 1.165) is 4.90 Å². The minimum atomic E-state index is -4.93. The Morgan fingerprint density at radius 1 is 1.00 bits per heavy atom. The SMILES string of the molecule is O=C(c1ccc(Oc2ccccc2)cc1)N1CCC(C(=O)O)(C(F)(F)F)C1. The van der Waals surface area contributed by atoms with Gasteiger partial charge < -0.3 is 14.7 Å². The lowest BCUT2D eigenvalue weighted by Crippen LogP contribution is -2.47. The summed E-state index contributed by atoms with van der Waals surface area (Å²) in [5, 5.41) is 9.07. The number of likely N-dealkylation sites (tertiary alicyclic amines) is 1. The van der Waals surface area contributed by atoms with Gasteiger partial charge in [-0.25, -0.2) is 0 Å². The quantitative estimate of drug-likeness (QED) is 0.873. The van der Waals surface area contributed by atoms with Crippen LogP contribution in [0.1, 0.15) is 16.8 Å². The summed E-state index contributed by atoms with van der Waals surface area (Å²) in [6.45, 7) is -1.17. The number of ether oxygens (including phenoxy) is 1. The van der Waals surface area contributed by atoms with E-state index in [1.807, 2.05) is 6.07 Å². The summed E-state index contributed by atoms with van der Waals surface area (Å²) in [7, 11) is 0. The Labute approximate surface area is 153 Å². The van der Waals surface area contributed by atoms with Crippen LogP contribution in [0, 0.1) is 5.41 Å². The Balaban J connectivity index is 1.72. The number of aliphatic carboxylic acids is 1. The van der Waals surface area contributed by atoms with E-state index >= 15 is 0 Å². The maximum absolute atomic E-state index is 13.2. The van der Waals surface area contributed by atoms with Crippen LogP contribution in [-0.2, 0) is 4.79 Å². The first kappa shape index (κ1) is 18.8. The van der Waals surface area contributed by atoms with Gasteiger partial charge >= 0.3 is 12.1 Å². The first-order chi connectivity index (χ1) is 12.7. The van der Waals surface area contributed by atoms with E-state index in [0.29, 0.717) is 11.5 Å². The van der Waals surface area contributed by atoms with Gasteiger partial charge in [-0.05, 0) is 42.8 Å². The number of benzene rings is 2. The molecule has 2 aromatic rings. The van der Waals surface area contributed by atoms with Crippen molar-refractivity contribution in [2.75, 3.05) is 13.1 Å². The van der Waals surface area contributed by atoms with Crippen molar-refractivity contribution in [2.45, 2.75) is 12.6 Å². The van der Waals surface area contributed by atoms with Crippen LogP contribution in [0.15, 0.2) is 54.6 Å². The van der Waals surface area contributed by atoms with Gasteiger partial charge in [0.25, 0.3) is 5.91 Å². The molecule has 1 unspecified atom stereocenters. The third kappa shape index (κ3) is 3.60. The van der Waals surface area contributed by atoms with Gasteiger partial charge in [0.2, 0.25) is 0 Å². The first-order valence-electron chi connectivity index (χ1n) is 8.15. The summed E-state index contributed by atoms with van der Waals surface area (Å²) in [4.78, 5) is 24.6. The number of carbonyl (C=O) groups is 2. The van der Waals surface area contributed by atoms with Crippen molar-refractivity contribution in [1.29, 1.82) is 0 Å². The molecule has 1 aliphatic rings. The largest absolute Gasteiger partial charge is 0.481 e. The molecule has 0 bridgehead atoms. The zero-order chi connectivity index (χ0) is 19.7. The molecule has 1 atom stereocenters. The summed E-state index contributed by atoms with van der Waals surface area (Å²) in [5.41, 5.74) is -2.75. The summed E-state index contributed by atoms with van der Waals surface area (Å²) in [6, 6.07) is 14.9. The van der Waals surface area contributed by atoms with Crippen molar-refractivity contribution in [3.63, 3.8) is 0 Å². The zero-order valence-corrected chi connectivity index (χ0v) is 14.1. The smallest absolute Gasteiger partial charge is 0.406 e. The van der Waals surface area contributed by atoms with Gasteiger partial charge in [-0.3, -0.25) is 9.59 Å². The minimum absolute atomic E-state index is 0.166. The van der Waals surface area contributed by atoms with E-state index in [1.54, 1.807) is 24.3 Å². The molecule has 0 saturated carbocycles. The number of hydrogen-bond donors (Lipinski definition) is 1. The standard InChI is InChI=1S/C19H16F3NO4/c20-19(21,22)18(17(25)26)10-11-23(12-18)16(24)13-6-8-15(9-7-13)27-14-4-2-1-3-5-14/h1-9H,10-12H2,(H,25,26). The first-order valence-corrected chi connectivity index (χ1v) is 8.15. The molecule has 1 N–H and O–H groups in total. The predicted octanol–water partition coefficient (Wildman–Crippen LogP) is 3.96. The Morgan fingerprint density at radius 2 is 1.59 bits per heavy atom. The monoisotopic (exact) mass is 379 g/mol. The summed E-state index contributed by atoms with van der Waals surface area (Å²) < 4.78 is 45.3. The molecule has 0 radical (unpaired) electrons. The van der Waals surface area contributed by atoms with Crippen molar-refractivity contribution in [1.82, 2.24) is 4.90 Å². The number of rotatable bonds is 4. The van der Waals surface area contributed by atoms with Gasteiger partial charge in [0.15, 0.2) is 5.41 Å². The third-order valence-corrected chi connectivity index (χ3v) is 4.59. The number of para-hydroxylation sites is 1. The number of carboxylic acid groups (broad SMARTS) is 1. The van der Waals surface area contributed by atoms with Gasteiger partial charge in [0, 0.05) is 18.7 Å². The maximum Gasteiger partial charge on any atom is 0.406 e. The lowest BCUT2D eigenvalue weighted by atomic mass is 9.86. The van der Waals surface area contributed by atoms with Crippen LogP contribution >= 0.6 is 0 Å². The lowest BCUT2D eigenvalue weighted by molar-refractivity contribution is -0.227. The van der Waals surface area contributed by atoms with Crippen LogP contribution in [0.3, 0.4) is 0 Å². The molecule has 1 aliphatic heterocycles. The Bertz CT molecular complexity index is 836. The molecular weight excluding hydrogens is 363 g/mol. The van der Waals surface area contributed by atoms with Gasteiger partial charge in [-0.15, -0.1) is 0 Å². The average Bonchev–Trinajstić information content (AvgIpc) is 3.10. The van der Waals surface area contributed by atoms with Crippen molar-refractivity contribution < 1.29 is 32.6 Å². The molecule has 142 valence electrons. The second-order valence-electron chi connectivity index (χ2n) is 6.30. The molecule has 1 amide bonds. The normalized spacial score (nSPS) is 19.7. The van der Waals surface area contributed by atoms with Crippen LogP contribution in [0.25, 0.3) is 0 Å². The molecule has 27 heavy (non-hydrogen) atoms. The summed E-state index contributed by atoms with van der Waals surface area (Å²) in [6.07, 6.45) is -5.59. The van der Waals surface area contributed by atoms with E-state index in [-0.39, 0.29) is 12.1 Å². The lowest BCUT2D eigenvalue weighted by Gasteiger charge is -2.27. The fourth-order valence-corrected chi connectivity index (χ4v) is 2.98. The fraction of sp³-hybridized carbons (Fsp3) is 0.263. The molecule has 3 rings (SSSR count). The molecule has 2 aromatic carbocycles. The number of carboxylic acids is 1. The summed E-state index contributed by atoms with van der Waals surface area (Å²) in [5.74, 6) is -1.53. The van der Waals surface area contributed by atoms with Gasteiger partial charge in [0.05, 0.1) is 0 Å². The molecular formula is C19H16F3NO4.